The average Bonchev–Trinajstić information content (AvgIpc) is 2.38. The van der Waals surface area contributed by atoms with E-state index in [2.05, 4.69) is 0 Å². The largest absolute Gasteiger partial charge is 0.455 e. The van der Waals surface area contributed by atoms with Gasteiger partial charge in [-0.3, -0.25) is 0 Å². The minimum absolute atomic E-state index is 0.458. The molecule has 0 saturated carbocycles. The molecule has 0 spiro atoms. The van der Waals surface area contributed by atoms with Gasteiger partial charge in [-0.05, 0) is 45.8 Å². The predicted octanol–water partition coefficient (Wildman–Crippen LogP) is -0.339. The van der Waals surface area contributed by atoms with E-state index in [1.165, 1.54) is 0 Å². The summed E-state index contributed by atoms with van der Waals surface area (Å²) in [5, 5.41) is 0. The summed E-state index contributed by atoms with van der Waals surface area (Å²) in [5.74, 6) is 0. The topological polar surface area (TPSA) is 104 Å². The first-order valence-corrected chi connectivity index (χ1v) is 30.2. The number of hydrogen-bond acceptors (Lipinski definition) is 7. The van der Waals surface area contributed by atoms with E-state index < -0.39 is 73.1 Å². The molecular weight excluding hydrogens is 449 g/mol. The molecule has 0 aliphatic carbocycles. The molecule has 0 aromatic carbocycles. The van der Waals surface area contributed by atoms with E-state index >= 15 is 0 Å². The standard InChI is InChI=1S/C7H22O7Si9/c1-16(14-23(5,6)7)18(9)20(11)21(12)19(10)17(8)15-13-22(2,3)4/h16H,1-7H3. The zero-order valence-electron chi connectivity index (χ0n) is 14.4. The maximum absolute atomic E-state index is 12.3. The van der Waals surface area contributed by atoms with Gasteiger partial charge in [0.25, 0.3) is 9.28 Å². The monoisotopic (exact) mass is 470 g/mol. The van der Waals surface area contributed by atoms with Gasteiger partial charge in [0, 0.05) is 0 Å². The Morgan fingerprint density at radius 1 is 0.783 bits per heavy atom. The van der Waals surface area contributed by atoms with Crippen LogP contribution in [0.2, 0.25) is 45.8 Å². The van der Waals surface area contributed by atoms with Crippen LogP contribution in [0.1, 0.15) is 0 Å². The SMILES string of the molecule is C[SiH](O[Si](C)(C)C)[Si](=O)[Si](=O)[Si](=O)[Si](=O)[Si](=O)[Si]O[Si](C)(C)C. The maximum Gasteiger partial charge on any atom is 0.380 e. The van der Waals surface area contributed by atoms with Crippen LogP contribution in [-0.4, -0.2) is 73.1 Å². The lowest BCUT2D eigenvalue weighted by molar-refractivity contribution is 0.536. The van der Waals surface area contributed by atoms with Gasteiger partial charge in [-0.2, -0.15) is 0 Å². The summed E-state index contributed by atoms with van der Waals surface area (Å²) in [6, 6.07) is 0. The van der Waals surface area contributed by atoms with Crippen LogP contribution in [0.4, 0.5) is 0 Å². The van der Waals surface area contributed by atoms with Gasteiger partial charge < -0.3 is 30.5 Å². The third kappa shape index (κ3) is 9.81. The highest BCUT2D eigenvalue weighted by Gasteiger charge is 2.45. The van der Waals surface area contributed by atoms with E-state index in [1.807, 2.05) is 39.3 Å². The molecule has 0 aromatic heterocycles. The molecule has 16 heteroatoms. The van der Waals surface area contributed by atoms with Crippen LogP contribution in [0.5, 0.6) is 0 Å². The first kappa shape index (κ1) is 23.9. The lowest BCUT2D eigenvalue weighted by atomic mass is 11.8. The molecule has 0 N–H and O–H groups in total. The molecular formula is C7H22O7Si9. The van der Waals surface area contributed by atoms with Crippen LogP contribution in [-0.2, 0) is 30.5 Å². The number of rotatable bonds is 10. The summed E-state index contributed by atoms with van der Waals surface area (Å²) in [5.41, 5.74) is 0. The van der Waals surface area contributed by atoms with Gasteiger partial charge in [-0.15, -0.1) is 0 Å². The van der Waals surface area contributed by atoms with Crippen molar-refractivity contribution < 1.29 is 30.5 Å². The molecule has 0 aliphatic heterocycles. The number of hydrogen-bond donors (Lipinski definition) is 0. The maximum atomic E-state index is 12.3. The predicted molar refractivity (Wildman–Crippen MR) is 99.8 cm³/mol. The minimum Gasteiger partial charge on any atom is -0.455 e. The first-order chi connectivity index (χ1) is 10.2. The van der Waals surface area contributed by atoms with E-state index in [0.29, 0.717) is 0 Å². The summed E-state index contributed by atoms with van der Waals surface area (Å²) < 4.78 is 71.9. The summed E-state index contributed by atoms with van der Waals surface area (Å²) in [7, 11) is -20.9. The molecule has 0 amide bonds. The lowest BCUT2D eigenvalue weighted by Crippen LogP contribution is -2.52. The molecule has 0 fully saturated rings. The molecule has 128 valence electrons. The Kier molecular flexibility index (Phi) is 9.90. The van der Waals surface area contributed by atoms with Gasteiger partial charge in [-0.25, -0.2) is 0 Å². The van der Waals surface area contributed by atoms with Crippen molar-refractivity contribution in [1.29, 1.82) is 0 Å². The first-order valence-electron chi connectivity index (χ1n) is 6.98. The van der Waals surface area contributed by atoms with E-state index in [0.717, 1.165) is 0 Å². The molecule has 2 radical (unpaired) electrons. The fraction of sp³-hybridized carbons (Fsp3) is 1.00. The Hall–Kier alpha value is 0.872. The molecule has 0 saturated heterocycles. The molecule has 0 rings (SSSR count). The molecule has 0 aliphatic rings. The van der Waals surface area contributed by atoms with Crippen molar-refractivity contribution in [3.63, 3.8) is 0 Å². The van der Waals surface area contributed by atoms with E-state index in [4.69, 9.17) is 8.23 Å². The van der Waals surface area contributed by atoms with Crippen molar-refractivity contribution in [2.45, 2.75) is 45.8 Å². The van der Waals surface area contributed by atoms with Crippen LogP contribution in [0, 0.1) is 0 Å². The Labute approximate surface area is 149 Å². The van der Waals surface area contributed by atoms with Crippen molar-refractivity contribution in [2.75, 3.05) is 0 Å². The summed E-state index contributed by atoms with van der Waals surface area (Å²) in [6.45, 7) is 13.2. The second-order valence-electron chi connectivity index (χ2n) is 6.87. The van der Waals surface area contributed by atoms with Gasteiger partial charge in [0.2, 0.25) is 8.56 Å². The average molecular weight is 471 g/mol. The second-order valence-corrected chi connectivity index (χ2v) is 46.7. The van der Waals surface area contributed by atoms with Gasteiger partial charge in [-0.1, -0.05) is 0 Å². The lowest BCUT2D eigenvalue weighted by Gasteiger charge is -2.20. The van der Waals surface area contributed by atoms with Crippen LogP contribution in [0.25, 0.3) is 0 Å². The fourth-order valence-electron chi connectivity index (χ4n) is 1.33. The Morgan fingerprint density at radius 2 is 1.26 bits per heavy atom. The normalized spacial score (nSPS) is 13.3. The Morgan fingerprint density at radius 3 is 1.65 bits per heavy atom. The van der Waals surface area contributed by atoms with Crippen LogP contribution >= 0.6 is 0 Å². The fourth-order valence-corrected chi connectivity index (χ4v) is 69.2. The van der Waals surface area contributed by atoms with Gasteiger partial charge in [0.15, 0.2) is 16.6 Å². The second kappa shape index (κ2) is 9.54. The van der Waals surface area contributed by atoms with Crippen molar-refractivity contribution in [2.24, 2.45) is 0 Å². The van der Waals surface area contributed by atoms with Crippen molar-refractivity contribution in [3.05, 3.63) is 0 Å². The third-order valence-electron chi connectivity index (χ3n) is 2.19. The van der Waals surface area contributed by atoms with Gasteiger partial charge >= 0.3 is 38.6 Å². The summed E-state index contributed by atoms with van der Waals surface area (Å²) >= 11 is 0. The quantitative estimate of drug-likeness (QED) is 0.402. The molecule has 7 nitrogen and oxygen atoms in total. The summed E-state index contributed by atoms with van der Waals surface area (Å²) in [4.78, 5) is 0. The van der Waals surface area contributed by atoms with Crippen LogP contribution < -0.4 is 0 Å². The van der Waals surface area contributed by atoms with Crippen molar-refractivity contribution in [1.82, 2.24) is 0 Å². The highest BCUT2D eigenvalue weighted by molar-refractivity contribution is 7.70. The van der Waals surface area contributed by atoms with Gasteiger partial charge in [0.05, 0.1) is 0 Å². The molecule has 0 bridgehead atoms. The molecule has 1 unspecified atom stereocenters. The Balaban J connectivity index is 4.82. The van der Waals surface area contributed by atoms with Crippen molar-refractivity contribution >= 4 is 73.1 Å². The molecule has 0 aromatic rings. The Bertz CT molecular complexity index is 533. The highest BCUT2D eigenvalue weighted by atomic mass is 30.0. The zero-order valence-corrected chi connectivity index (χ0v) is 23.6. The van der Waals surface area contributed by atoms with E-state index in [9.17, 15) is 22.3 Å². The summed E-state index contributed by atoms with van der Waals surface area (Å²) in [6.07, 6.45) is 0. The third-order valence-corrected chi connectivity index (χ3v) is 52.5. The van der Waals surface area contributed by atoms with Crippen molar-refractivity contribution in [3.8, 4) is 0 Å². The van der Waals surface area contributed by atoms with Crippen LogP contribution in [0.3, 0.4) is 0 Å². The highest BCUT2D eigenvalue weighted by Crippen LogP contribution is 2.05. The van der Waals surface area contributed by atoms with E-state index in [-0.39, 0.29) is 0 Å². The van der Waals surface area contributed by atoms with Crippen LogP contribution in [0.15, 0.2) is 0 Å². The zero-order chi connectivity index (χ0) is 18.6. The molecule has 1 atom stereocenters. The van der Waals surface area contributed by atoms with E-state index in [1.54, 1.807) is 6.55 Å². The smallest absolute Gasteiger partial charge is 0.380 e. The molecule has 0 heterocycles. The van der Waals surface area contributed by atoms with Gasteiger partial charge in [0.1, 0.15) is 0 Å². The minimum atomic E-state index is -3.09. The molecule has 23 heavy (non-hydrogen) atoms.